The van der Waals surface area contributed by atoms with Crippen LogP contribution in [0.1, 0.15) is 23.1 Å². The van der Waals surface area contributed by atoms with Crippen molar-refractivity contribution in [2.75, 3.05) is 32.7 Å². The third kappa shape index (κ3) is 5.43. The van der Waals surface area contributed by atoms with Crippen LogP contribution in [0.25, 0.3) is 0 Å². The Balaban J connectivity index is 0.00000280. The third-order valence-corrected chi connectivity index (χ3v) is 4.85. The molecule has 1 aliphatic rings. The van der Waals surface area contributed by atoms with Crippen LogP contribution < -0.4 is 25.4 Å². The van der Waals surface area contributed by atoms with Crippen LogP contribution in [-0.2, 0) is 19.5 Å². The summed E-state index contributed by atoms with van der Waals surface area (Å²) in [7, 11) is 5.40. The maximum absolute atomic E-state index is 6.03. The number of hydrogen-bond acceptors (Lipinski definition) is 4. The van der Waals surface area contributed by atoms with Crippen molar-refractivity contribution in [1.29, 1.82) is 0 Å². The number of guanidine groups is 1. The van der Waals surface area contributed by atoms with Crippen LogP contribution in [0.5, 0.6) is 11.5 Å². The summed E-state index contributed by atoms with van der Waals surface area (Å²) in [6.07, 6.45) is 2.33. The molecule has 0 aliphatic carbocycles. The minimum Gasteiger partial charge on any atom is -0.493 e. The number of ether oxygens (including phenoxy) is 2. The average molecular weight is 496 g/mol. The Bertz CT molecular complexity index is 826. The van der Waals surface area contributed by atoms with E-state index in [0.717, 1.165) is 18.5 Å². The second-order valence-corrected chi connectivity index (χ2v) is 6.73. The minimum atomic E-state index is 0. The van der Waals surface area contributed by atoms with Crippen molar-refractivity contribution in [2.24, 2.45) is 10.7 Å². The quantitative estimate of drug-likeness (QED) is 0.365. The number of nitrogens with zero attached hydrogens (tertiary/aromatic N) is 2. The normalized spacial score (nSPS) is 13.4. The van der Waals surface area contributed by atoms with Crippen LogP contribution >= 0.6 is 24.0 Å². The molecule has 28 heavy (non-hydrogen) atoms. The van der Waals surface area contributed by atoms with E-state index in [1.54, 1.807) is 14.2 Å². The van der Waals surface area contributed by atoms with Crippen LogP contribution in [0.4, 0.5) is 5.69 Å². The fourth-order valence-electron chi connectivity index (χ4n) is 3.35. The summed E-state index contributed by atoms with van der Waals surface area (Å²) in [4.78, 5) is 6.78. The molecule has 0 bridgehead atoms. The average Bonchev–Trinajstić information content (AvgIpc) is 2.70. The van der Waals surface area contributed by atoms with Crippen LogP contribution in [0.2, 0.25) is 0 Å². The van der Waals surface area contributed by atoms with E-state index in [1.807, 2.05) is 18.2 Å². The number of aryl methyl sites for hydroxylation is 1. The molecule has 7 heteroatoms. The molecule has 2 aromatic carbocycles. The molecule has 152 valence electrons. The zero-order valence-corrected chi connectivity index (χ0v) is 19.0. The van der Waals surface area contributed by atoms with Crippen molar-refractivity contribution in [3.63, 3.8) is 0 Å². The van der Waals surface area contributed by atoms with E-state index in [1.165, 1.54) is 23.2 Å². The van der Waals surface area contributed by atoms with Gasteiger partial charge in [0.05, 0.1) is 20.8 Å². The van der Waals surface area contributed by atoms with Gasteiger partial charge in [-0.3, -0.25) is 0 Å². The van der Waals surface area contributed by atoms with Gasteiger partial charge in [0.25, 0.3) is 0 Å². The number of nitrogens with one attached hydrogen (secondary N) is 1. The zero-order chi connectivity index (χ0) is 19.2. The SMILES string of the molecule is COc1ccc(CNC(N)=NCc2ccc3c(c2)CCCN3C)cc1OC.I. The molecule has 3 N–H and O–H groups in total. The molecule has 0 fully saturated rings. The number of aliphatic imine (C=N–C) groups is 1. The van der Waals surface area contributed by atoms with Gasteiger partial charge in [-0.15, -0.1) is 24.0 Å². The second-order valence-electron chi connectivity index (χ2n) is 6.73. The number of methoxy groups -OCH3 is 2. The van der Waals surface area contributed by atoms with Crippen molar-refractivity contribution in [3.8, 4) is 11.5 Å². The lowest BCUT2D eigenvalue weighted by atomic mass is 10.00. The van der Waals surface area contributed by atoms with E-state index >= 15 is 0 Å². The van der Waals surface area contributed by atoms with Crippen LogP contribution in [-0.4, -0.2) is 33.8 Å². The van der Waals surface area contributed by atoms with Crippen molar-refractivity contribution in [2.45, 2.75) is 25.9 Å². The summed E-state index contributed by atoms with van der Waals surface area (Å²) in [5.74, 6) is 1.84. The fraction of sp³-hybridized carbons (Fsp3) is 0.381. The first-order valence-electron chi connectivity index (χ1n) is 9.18. The first kappa shape index (κ1) is 22.1. The Morgan fingerprint density at radius 3 is 2.61 bits per heavy atom. The lowest BCUT2D eigenvalue weighted by Gasteiger charge is -2.27. The number of fused-ring (bicyclic) bond motifs is 1. The Morgan fingerprint density at radius 2 is 1.86 bits per heavy atom. The van der Waals surface area contributed by atoms with E-state index in [2.05, 4.69) is 40.5 Å². The highest BCUT2D eigenvalue weighted by atomic mass is 127. The van der Waals surface area contributed by atoms with Crippen molar-refractivity contribution < 1.29 is 9.47 Å². The molecule has 0 saturated carbocycles. The zero-order valence-electron chi connectivity index (χ0n) is 16.7. The molecule has 0 radical (unpaired) electrons. The third-order valence-electron chi connectivity index (χ3n) is 4.85. The summed E-state index contributed by atoms with van der Waals surface area (Å²) >= 11 is 0. The predicted octanol–water partition coefficient (Wildman–Crippen LogP) is 3.31. The first-order valence-corrected chi connectivity index (χ1v) is 9.18. The largest absolute Gasteiger partial charge is 0.493 e. The lowest BCUT2D eigenvalue weighted by molar-refractivity contribution is 0.354. The molecule has 0 amide bonds. The number of benzene rings is 2. The number of halogens is 1. The minimum absolute atomic E-state index is 0. The number of hydrogen-bond donors (Lipinski definition) is 2. The molecule has 0 aromatic heterocycles. The second kappa shape index (κ2) is 10.4. The van der Waals surface area contributed by atoms with E-state index < -0.39 is 0 Å². The van der Waals surface area contributed by atoms with Gasteiger partial charge in [0.1, 0.15) is 0 Å². The number of rotatable bonds is 6. The summed E-state index contributed by atoms with van der Waals surface area (Å²) in [5.41, 5.74) is 11.0. The highest BCUT2D eigenvalue weighted by Crippen LogP contribution is 2.28. The van der Waals surface area contributed by atoms with Crippen LogP contribution in [0.3, 0.4) is 0 Å². The molecular formula is C21H29IN4O2. The molecule has 3 rings (SSSR count). The number of anilines is 1. The lowest BCUT2D eigenvalue weighted by Crippen LogP contribution is -2.31. The van der Waals surface area contributed by atoms with Gasteiger partial charge in [-0.1, -0.05) is 18.2 Å². The van der Waals surface area contributed by atoms with Gasteiger partial charge in [-0.2, -0.15) is 0 Å². The van der Waals surface area contributed by atoms with Gasteiger partial charge in [-0.25, -0.2) is 4.99 Å². The molecule has 2 aromatic rings. The Kier molecular flexibility index (Phi) is 8.22. The summed E-state index contributed by atoms with van der Waals surface area (Å²) in [5, 5.41) is 3.15. The summed E-state index contributed by atoms with van der Waals surface area (Å²) in [6.45, 7) is 2.27. The highest BCUT2D eigenvalue weighted by molar-refractivity contribution is 14.0. The molecule has 0 atom stereocenters. The molecular weight excluding hydrogens is 467 g/mol. The smallest absolute Gasteiger partial charge is 0.189 e. The maximum atomic E-state index is 6.03. The Labute approximate surface area is 184 Å². The molecule has 0 unspecified atom stereocenters. The van der Waals surface area contributed by atoms with Gasteiger partial charge >= 0.3 is 0 Å². The van der Waals surface area contributed by atoms with E-state index in [0.29, 0.717) is 30.5 Å². The van der Waals surface area contributed by atoms with Gasteiger partial charge < -0.3 is 25.4 Å². The topological polar surface area (TPSA) is 72.1 Å². The monoisotopic (exact) mass is 496 g/mol. The first-order chi connectivity index (χ1) is 13.1. The standard InChI is InChI=1S/C21H28N4O2.HI/c1-25-10-4-5-17-11-15(6-8-18(17)25)13-23-21(22)24-14-16-7-9-19(26-2)20(12-16)27-3;/h6-9,11-12H,4-5,10,13-14H2,1-3H3,(H3,22,23,24);1H. The van der Waals surface area contributed by atoms with E-state index in [9.17, 15) is 0 Å². The fourth-order valence-corrected chi connectivity index (χ4v) is 3.35. The van der Waals surface area contributed by atoms with Gasteiger partial charge in [0, 0.05) is 25.8 Å². The predicted molar refractivity (Wildman–Crippen MR) is 125 cm³/mol. The van der Waals surface area contributed by atoms with Gasteiger partial charge in [-0.05, 0) is 47.7 Å². The van der Waals surface area contributed by atoms with Gasteiger partial charge in [0.15, 0.2) is 17.5 Å². The number of nitrogens with two attached hydrogens (primary N) is 1. The van der Waals surface area contributed by atoms with Crippen molar-refractivity contribution >= 4 is 35.6 Å². The molecule has 0 saturated heterocycles. The van der Waals surface area contributed by atoms with E-state index in [4.69, 9.17) is 15.2 Å². The molecule has 1 heterocycles. The Morgan fingerprint density at radius 1 is 1.11 bits per heavy atom. The van der Waals surface area contributed by atoms with Crippen LogP contribution in [0.15, 0.2) is 41.4 Å². The summed E-state index contributed by atoms with van der Waals surface area (Å²) in [6, 6.07) is 12.3. The maximum Gasteiger partial charge on any atom is 0.189 e. The molecule has 0 spiro atoms. The van der Waals surface area contributed by atoms with Gasteiger partial charge in [0.2, 0.25) is 0 Å². The van der Waals surface area contributed by atoms with E-state index in [-0.39, 0.29) is 24.0 Å². The highest BCUT2D eigenvalue weighted by Gasteiger charge is 2.13. The van der Waals surface area contributed by atoms with Crippen LogP contribution in [0, 0.1) is 0 Å². The molecule has 1 aliphatic heterocycles. The Hall–Kier alpha value is -2.16. The molecule has 6 nitrogen and oxygen atoms in total. The summed E-state index contributed by atoms with van der Waals surface area (Å²) < 4.78 is 10.6. The van der Waals surface area contributed by atoms with Crippen molar-refractivity contribution in [3.05, 3.63) is 53.1 Å². The van der Waals surface area contributed by atoms with Crippen molar-refractivity contribution in [1.82, 2.24) is 5.32 Å².